The summed E-state index contributed by atoms with van der Waals surface area (Å²) in [4.78, 5) is 4.74. The zero-order chi connectivity index (χ0) is 14.7. The maximum Gasteiger partial charge on any atom is 0.123 e. The first-order valence-corrected chi connectivity index (χ1v) is 7.40. The van der Waals surface area contributed by atoms with E-state index in [9.17, 15) is 4.39 Å². The third kappa shape index (κ3) is 3.57. The molecule has 20 heavy (non-hydrogen) atoms. The maximum atomic E-state index is 13.1. The summed E-state index contributed by atoms with van der Waals surface area (Å²) in [5.41, 5.74) is 7.30. The minimum absolute atomic E-state index is 0.0186. The van der Waals surface area contributed by atoms with Crippen LogP contribution in [0.3, 0.4) is 0 Å². The number of nitrogens with two attached hydrogens (primary N) is 1. The van der Waals surface area contributed by atoms with E-state index in [1.165, 1.54) is 12.1 Å². The number of hydrogen-bond donors (Lipinski definition) is 1. The van der Waals surface area contributed by atoms with Gasteiger partial charge in [0.05, 0.1) is 0 Å². The quantitative estimate of drug-likeness (QED) is 0.917. The van der Waals surface area contributed by atoms with Gasteiger partial charge in [0, 0.05) is 18.1 Å². The molecule has 112 valence electrons. The van der Waals surface area contributed by atoms with Crippen LogP contribution in [0.25, 0.3) is 0 Å². The number of nitrogens with zero attached hydrogens (tertiary/aromatic N) is 2. The van der Waals surface area contributed by atoms with E-state index in [1.807, 2.05) is 19.1 Å². The molecule has 1 aromatic carbocycles. The fraction of sp³-hybridized carbons (Fsp3) is 0.625. The highest BCUT2D eigenvalue weighted by Gasteiger charge is 2.29. The SMILES string of the molecule is CC(N)C(c1ccc(F)cc1)N(C)C1CCN(C)CC1. The highest BCUT2D eigenvalue weighted by Crippen LogP contribution is 2.28. The Morgan fingerprint density at radius 1 is 1.25 bits per heavy atom. The molecule has 0 bridgehead atoms. The zero-order valence-corrected chi connectivity index (χ0v) is 12.7. The molecule has 2 rings (SSSR count). The first-order valence-electron chi connectivity index (χ1n) is 7.40. The predicted octanol–water partition coefficient (Wildman–Crippen LogP) is 2.24. The molecule has 2 N–H and O–H groups in total. The molecule has 4 heteroatoms. The van der Waals surface area contributed by atoms with Crippen molar-refractivity contribution in [3.8, 4) is 0 Å². The minimum Gasteiger partial charge on any atom is -0.326 e. The van der Waals surface area contributed by atoms with E-state index >= 15 is 0 Å². The molecule has 0 aromatic heterocycles. The number of likely N-dealkylation sites (N-methyl/N-ethyl adjacent to an activating group) is 1. The van der Waals surface area contributed by atoms with Gasteiger partial charge in [-0.3, -0.25) is 4.90 Å². The molecule has 1 aliphatic rings. The van der Waals surface area contributed by atoms with Crippen LogP contribution in [0.15, 0.2) is 24.3 Å². The number of halogens is 1. The Labute approximate surface area is 121 Å². The molecular weight excluding hydrogens is 253 g/mol. The molecule has 0 aliphatic carbocycles. The average Bonchev–Trinajstić information content (AvgIpc) is 2.41. The average molecular weight is 279 g/mol. The van der Waals surface area contributed by atoms with Gasteiger partial charge < -0.3 is 10.6 Å². The van der Waals surface area contributed by atoms with Crippen molar-refractivity contribution in [2.24, 2.45) is 5.73 Å². The van der Waals surface area contributed by atoms with Gasteiger partial charge in [-0.25, -0.2) is 4.39 Å². The Bertz CT molecular complexity index is 410. The zero-order valence-electron chi connectivity index (χ0n) is 12.7. The van der Waals surface area contributed by atoms with Crippen molar-refractivity contribution in [2.75, 3.05) is 27.2 Å². The van der Waals surface area contributed by atoms with Gasteiger partial charge >= 0.3 is 0 Å². The first-order chi connectivity index (χ1) is 9.49. The monoisotopic (exact) mass is 279 g/mol. The molecular formula is C16H26FN3. The molecule has 0 spiro atoms. The van der Waals surface area contributed by atoms with E-state index in [1.54, 1.807) is 0 Å². The van der Waals surface area contributed by atoms with Crippen molar-refractivity contribution in [1.82, 2.24) is 9.80 Å². The van der Waals surface area contributed by atoms with Crippen molar-refractivity contribution >= 4 is 0 Å². The Balaban J connectivity index is 2.13. The number of rotatable bonds is 4. The molecule has 1 heterocycles. The molecule has 1 saturated heterocycles. The van der Waals surface area contributed by atoms with Crippen LogP contribution in [0, 0.1) is 5.82 Å². The fourth-order valence-corrected chi connectivity index (χ4v) is 3.20. The van der Waals surface area contributed by atoms with Crippen LogP contribution in [0.4, 0.5) is 4.39 Å². The fourth-order valence-electron chi connectivity index (χ4n) is 3.20. The standard InChI is InChI=1S/C16H26FN3/c1-12(18)16(13-4-6-14(17)7-5-13)20(3)15-8-10-19(2)11-9-15/h4-7,12,15-16H,8-11,18H2,1-3H3. The van der Waals surface area contributed by atoms with Crippen LogP contribution < -0.4 is 5.73 Å². The lowest BCUT2D eigenvalue weighted by Gasteiger charge is -2.41. The van der Waals surface area contributed by atoms with E-state index in [0.29, 0.717) is 6.04 Å². The van der Waals surface area contributed by atoms with Gasteiger partial charge in [-0.2, -0.15) is 0 Å². The summed E-state index contributed by atoms with van der Waals surface area (Å²) in [5, 5.41) is 0. The van der Waals surface area contributed by atoms with Crippen molar-refractivity contribution in [2.45, 2.75) is 37.9 Å². The van der Waals surface area contributed by atoms with Gasteiger partial charge in [-0.05, 0) is 64.6 Å². The molecule has 0 radical (unpaired) electrons. The summed E-state index contributed by atoms with van der Waals surface area (Å²) in [5.74, 6) is -0.195. The Morgan fingerprint density at radius 2 is 1.80 bits per heavy atom. The predicted molar refractivity (Wildman–Crippen MR) is 81.1 cm³/mol. The van der Waals surface area contributed by atoms with Gasteiger partial charge in [0.25, 0.3) is 0 Å². The third-order valence-corrected chi connectivity index (χ3v) is 4.41. The Kier molecular flexibility index (Phi) is 5.13. The number of benzene rings is 1. The van der Waals surface area contributed by atoms with Gasteiger partial charge in [-0.1, -0.05) is 12.1 Å². The van der Waals surface area contributed by atoms with Crippen LogP contribution in [-0.4, -0.2) is 49.1 Å². The largest absolute Gasteiger partial charge is 0.326 e. The second kappa shape index (κ2) is 6.66. The highest BCUT2D eigenvalue weighted by molar-refractivity contribution is 5.21. The molecule has 0 saturated carbocycles. The van der Waals surface area contributed by atoms with Crippen LogP contribution in [-0.2, 0) is 0 Å². The Morgan fingerprint density at radius 3 is 2.30 bits per heavy atom. The molecule has 3 nitrogen and oxygen atoms in total. The van der Waals surface area contributed by atoms with E-state index in [4.69, 9.17) is 5.73 Å². The summed E-state index contributed by atoms with van der Waals surface area (Å²) in [6, 6.07) is 7.46. The van der Waals surface area contributed by atoms with Gasteiger partial charge in [-0.15, -0.1) is 0 Å². The number of piperidine rings is 1. The Hall–Kier alpha value is -0.970. The smallest absolute Gasteiger partial charge is 0.123 e. The second-order valence-electron chi connectivity index (χ2n) is 6.06. The third-order valence-electron chi connectivity index (χ3n) is 4.41. The molecule has 1 fully saturated rings. The molecule has 2 unspecified atom stereocenters. The van der Waals surface area contributed by atoms with Crippen molar-refractivity contribution < 1.29 is 4.39 Å². The summed E-state index contributed by atoms with van der Waals surface area (Å²) in [7, 11) is 4.31. The first kappa shape index (κ1) is 15.4. The molecule has 1 aromatic rings. The lowest BCUT2D eigenvalue weighted by atomic mass is 9.95. The van der Waals surface area contributed by atoms with Crippen molar-refractivity contribution in [3.05, 3.63) is 35.6 Å². The lowest BCUT2D eigenvalue weighted by molar-refractivity contribution is 0.0969. The highest BCUT2D eigenvalue weighted by atomic mass is 19.1. The summed E-state index contributed by atoms with van der Waals surface area (Å²) in [6.45, 7) is 4.29. The van der Waals surface area contributed by atoms with E-state index in [0.717, 1.165) is 31.5 Å². The van der Waals surface area contributed by atoms with Crippen molar-refractivity contribution in [1.29, 1.82) is 0 Å². The van der Waals surface area contributed by atoms with Gasteiger partial charge in [0.2, 0.25) is 0 Å². The van der Waals surface area contributed by atoms with Crippen LogP contribution in [0.5, 0.6) is 0 Å². The minimum atomic E-state index is -0.195. The van der Waals surface area contributed by atoms with Crippen LogP contribution in [0.1, 0.15) is 31.4 Å². The maximum absolute atomic E-state index is 13.1. The molecule has 1 aliphatic heterocycles. The normalized spacial score (nSPS) is 21.1. The van der Waals surface area contributed by atoms with Gasteiger partial charge in [0.15, 0.2) is 0 Å². The summed E-state index contributed by atoms with van der Waals surface area (Å²) < 4.78 is 13.1. The molecule has 0 amide bonds. The lowest BCUT2D eigenvalue weighted by Crippen LogP contribution is -2.47. The van der Waals surface area contributed by atoms with E-state index < -0.39 is 0 Å². The van der Waals surface area contributed by atoms with Crippen molar-refractivity contribution in [3.63, 3.8) is 0 Å². The van der Waals surface area contributed by atoms with E-state index in [-0.39, 0.29) is 17.9 Å². The van der Waals surface area contributed by atoms with Crippen LogP contribution >= 0.6 is 0 Å². The van der Waals surface area contributed by atoms with Gasteiger partial charge in [0.1, 0.15) is 5.82 Å². The van der Waals surface area contributed by atoms with Crippen LogP contribution in [0.2, 0.25) is 0 Å². The molecule has 2 atom stereocenters. The summed E-state index contributed by atoms with van der Waals surface area (Å²) in [6.07, 6.45) is 2.33. The topological polar surface area (TPSA) is 32.5 Å². The van der Waals surface area contributed by atoms with E-state index in [2.05, 4.69) is 23.9 Å². The summed E-state index contributed by atoms with van der Waals surface area (Å²) >= 11 is 0. The number of hydrogen-bond acceptors (Lipinski definition) is 3. The second-order valence-corrected chi connectivity index (χ2v) is 6.06. The number of likely N-dealkylation sites (tertiary alicyclic amines) is 1.